The molecule has 0 aliphatic heterocycles. The van der Waals surface area contributed by atoms with E-state index in [0.29, 0.717) is 16.6 Å². The van der Waals surface area contributed by atoms with Gasteiger partial charge in [-0.3, -0.25) is 4.79 Å². The first kappa shape index (κ1) is 15.4. The van der Waals surface area contributed by atoms with Crippen molar-refractivity contribution < 1.29 is 9.90 Å². The number of nitrogens with zero attached hydrogens (tertiary/aromatic N) is 2. The lowest BCUT2D eigenvalue weighted by atomic mass is 10.1. The molecular formula is C14H18N4O2S. The molecule has 7 heteroatoms. The van der Waals surface area contributed by atoms with Crippen molar-refractivity contribution in [2.24, 2.45) is 0 Å². The fraction of sp³-hybridized carbons (Fsp3) is 0.357. The Labute approximate surface area is 127 Å². The molecule has 6 nitrogen and oxygen atoms in total. The minimum atomic E-state index is -0.268. The van der Waals surface area contributed by atoms with Crippen molar-refractivity contribution in [1.82, 2.24) is 10.2 Å². The van der Waals surface area contributed by atoms with Crippen molar-refractivity contribution >= 4 is 28.1 Å². The van der Waals surface area contributed by atoms with Gasteiger partial charge < -0.3 is 15.7 Å². The van der Waals surface area contributed by atoms with Gasteiger partial charge in [-0.05, 0) is 37.5 Å². The average molecular weight is 306 g/mol. The first-order valence-corrected chi connectivity index (χ1v) is 7.63. The number of amides is 1. The zero-order valence-electron chi connectivity index (χ0n) is 11.8. The van der Waals surface area contributed by atoms with Crippen LogP contribution >= 0.6 is 11.3 Å². The molecule has 3 N–H and O–H groups in total. The summed E-state index contributed by atoms with van der Waals surface area (Å²) in [5.74, 6) is -0.268. The first-order valence-electron chi connectivity index (χ1n) is 6.81. The predicted molar refractivity (Wildman–Crippen MR) is 83.9 cm³/mol. The number of hydrogen-bond acceptors (Lipinski definition) is 6. The number of aryl methyl sites for hydroxylation is 1. The number of carbonyl (C=O) groups is 1. The van der Waals surface area contributed by atoms with Gasteiger partial charge in [0.15, 0.2) is 0 Å². The number of hydrogen-bond donors (Lipinski definition) is 3. The summed E-state index contributed by atoms with van der Waals surface area (Å²) in [5, 5.41) is 23.4. The monoisotopic (exact) mass is 306 g/mol. The lowest BCUT2D eigenvalue weighted by Crippen LogP contribution is -2.11. The average Bonchev–Trinajstić information content (AvgIpc) is 2.95. The number of anilines is 2. The van der Waals surface area contributed by atoms with Gasteiger partial charge in [0.25, 0.3) is 5.91 Å². The lowest BCUT2D eigenvalue weighted by Gasteiger charge is -2.05. The second-order valence-corrected chi connectivity index (χ2v) is 5.40. The minimum absolute atomic E-state index is 0.161. The van der Waals surface area contributed by atoms with E-state index in [1.165, 1.54) is 11.3 Å². The summed E-state index contributed by atoms with van der Waals surface area (Å²) in [4.78, 5) is 12.1. The second-order valence-electron chi connectivity index (χ2n) is 4.42. The van der Waals surface area contributed by atoms with Crippen LogP contribution in [-0.2, 0) is 6.42 Å². The van der Waals surface area contributed by atoms with Crippen LogP contribution in [0.5, 0.6) is 0 Å². The Morgan fingerprint density at radius 1 is 1.38 bits per heavy atom. The first-order chi connectivity index (χ1) is 10.2. The summed E-state index contributed by atoms with van der Waals surface area (Å²) in [7, 11) is 0. The normalized spacial score (nSPS) is 10.4. The molecule has 0 aliphatic rings. The second kappa shape index (κ2) is 7.70. The summed E-state index contributed by atoms with van der Waals surface area (Å²) in [6.07, 6.45) is 1.49. The summed E-state index contributed by atoms with van der Waals surface area (Å²) in [6.45, 7) is 2.86. The molecule has 0 fully saturated rings. The highest BCUT2D eigenvalue weighted by Gasteiger charge is 2.12. The van der Waals surface area contributed by atoms with E-state index < -0.39 is 0 Å². The largest absolute Gasteiger partial charge is 0.396 e. The number of nitrogens with one attached hydrogen (secondary N) is 2. The van der Waals surface area contributed by atoms with Gasteiger partial charge in [0, 0.05) is 18.8 Å². The van der Waals surface area contributed by atoms with Crippen LogP contribution in [0, 0.1) is 0 Å². The van der Waals surface area contributed by atoms with Crippen LogP contribution in [0.3, 0.4) is 0 Å². The van der Waals surface area contributed by atoms with Gasteiger partial charge in [0.2, 0.25) is 10.1 Å². The highest BCUT2D eigenvalue weighted by atomic mass is 32.1. The number of aliphatic hydroxyl groups is 1. The van der Waals surface area contributed by atoms with Gasteiger partial charge in [-0.15, -0.1) is 10.2 Å². The Kier molecular flexibility index (Phi) is 5.65. The van der Waals surface area contributed by atoms with Crippen LogP contribution in [0.25, 0.3) is 0 Å². The molecule has 2 rings (SSSR count). The van der Waals surface area contributed by atoms with Crippen LogP contribution in [0.2, 0.25) is 0 Å². The van der Waals surface area contributed by atoms with E-state index in [1.807, 2.05) is 31.2 Å². The Morgan fingerprint density at radius 2 is 2.24 bits per heavy atom. The Hall–Kier alpha value is -1.99. The van der Waals surface area contributed by atoms with Crippen molar-refractivity contribution in [2.45, 2.75) is 19.8 Å². The van der Waals surface area contributed by atoms with Crippen LogP contribution in [0.4, 0.5) is 10.8 Å². The summed E-state index contributed by atoms with van der Waals surface area (Å²) < 4.78 is 0. The van der Waals surface area contributed by atoms with Gasteiger partial charge in [-0.2, -0.15) is 0 Å². The fourth-order valence-corrected chi connectivity index (χ4v) is 2.52. The Bertz CT molecular complexity index is 600. The molecule has 21 heavy (non-hydrogen) atoms. The zero-order valence-corrected chi connectivity index (χ0v) is 12.6. The van der Waals surface area contributed by atoms with Gasteiger partial charge in [0.05, 0.1) is 0 Å². The molecule has 0 radical (unpaired) electrons. The highest BCUT2D eigenvalue weighted by molar-refractivity contribution is 7.17. The maximum absolute atomic E-state index is 12.1. The number of benzene rings is 1. The van der Waals surface area contributed by atoms with Gasteiger partial charge in [0.1, 0.15) is 0 Å². The third-order valence-corrected chi connectivity index (χ3v) is 3.64. The van der Waals surface area contributed by atoms with Gasteiger partial charge >= 0.3 is 0 Å². The SMILES string of the molecule is CCNc1nnc(C(=O)Nc2cccc(CCCO)c2)s1. The quantitative estimate of drug-likeness (QED) is 0.729. The van der Waals surface area contributed by atoms with Crippen molar-refractivity contribution in [3.63, 3.8) is 0 Å². The number of aliphatic hydroxyl groups excluding tert-OH is 1. The molecular weight excluding hydrogens is 288 g/mol. The predicted octanol–water partition coefficient (Wildman–Crippen LogP) is 2.15. The van der Waals surface area contributed by atoms with Gasteiger partial charge in [-0.25, -0.2) is 0 Å². The van der Waals surface area contributed by atoms with E-state index in [-0.39, 0.29) is 12.5 Å². The molecule has 1 aromatic heterocycles. The Morgan fingerprint density at radius 3 is 3.00 bits per heavy atom. The van der Waals surface area contributed by atoms with E-state index in [0.717, 1.165) is 24.2 Å². The lowest BCUT2D eigenvalue weighted by molar-refractivity contribution is 0.102. The molecule has 1 amide bonds. The molecule has 0 spiro atoms. The third-order valence-electron chi connectivity index (χ3n) is 2.76. The smallest absolute Gasteiger partial charge is 0.286 e. The maximum atomic E-state index is 12.1. The van der Waals surface area contributed by atoms with E-state index in [2.05, 4.69) is 20.8 Å². The molecule has 0 saturated carbocycles. The molecule has 1 aromatic carbocycles. The molecule has 112 valence electrons. The molecule has 0 bridgehead atoms. The highest BCUT2D eigenvalue weighted by Crippen LogP contribution is 2.18. The van der Waals surface area contributed by atoms with Crippen molar-refractivity contribution in [2.75, 3.05) is 23.8 Å². The molecule has 2 aromatic rings. The molecule has 0 atom stereocenters. The molecule has 1 heterocycles. The summed E-state index contributed by atoms with van der Waals surface area (Å²) >= 11 is 1.22. The van der Waals surface area contributed by atoms with E-state index >= 15 is 0 Å². The van der Waals surface area contributed by atoms with Crippen LogP contribution < -0.4 is 10.6 Å². The van der Waals surface area contributed by atoms with Crippen LogP contribution in [0.1, 0.15) is 28.7 Å². The van der Waals surface area contributed by atoms with E-state index in [4.69, 9.17) is 5.11 Å². The summed E-state index contributed by atoms with van der Waals surface area (Å²) in [5.41, 5.74) is 1.79. The van der Waals surface area contributed by atoms with E-state index in [9.17, 15) is 4.79 Å². The van der Waals surface area contributed by atoms with Crippen LogP contribution in [-0.4, -0.2) is 34.4 Å². The topological polar surface area (TPSA) is 87.1 Å². The molecule has 0 unspecified atom stereocenters. The van der Waals surface area contributed by atoms with E-state index in [1.54, 1.807) is 0 Å². The number of carbonyl (C=O) groups excluding carboxylic acids is 1. The van der Waals surface area contributed by atoms with Crippen molar-refractivity contribution in [3.8, 4) is 0 Å². The maximum Gasteiger partial charge on any atom is 0.286 e. The summed E-state index contributed by atoms with van der Waals surface area (Å²) in [6, 6.07) is 7.58. The molecule has 0 saturated heterocycles. The van der Waals surface area contributed by atoms with Crippen molar-refractivity contribution in [3.05, 3.63) is 34.8 Å². The fourth-order valence-electron chi connectivity index (χ4n) is 1.81. The number of aromatic nitrogens is 2. The van der Waals surface area contributed by atoms with Crippen molar-refractivity contribution in [1.29, 1.82) is 0 Å². The minimum Gasteiger partial charge on any atom is -0.396 e. The van der Waals surface area contributed by atoms with Gasteiger partial charge in [-0.1, -0.05) is 23.5 Å². The molecule has 0 aliphatic carbocycles. The Balaban J connectivity index is 2.01. The number of rotatable bonds is 7. The third kappa shape index (κ3) is 4.51. The van der Waals surface area contributed by atoms with Crippen LogP contribution in [0.15, 0.2) is 24.3 Å². The standard InChI is InChI=1S/C14H18N4O2S/c1-2-15-14-18-17-13(21-14)12(20)16-11-7-3-5-10(9-11)6-4-8-19/h3,5,7,9,19H,2,4,6,8H2,1H3,(H,15,18)(H,16,20). The zero-order chi connectivity index (χ0) is 15.1.